The molecular formula is C13H18F3NO. The number of hydrogen-bond donors (Lipinski definition) is 1. The second-order valence-electron chi connectivity index (χ2n) is 4.25. The third kappa shape index (κ3) is 5.06. The Hall–Kier alpha value is -1.07. The molecule has 102 valence electrons. The third-order valence-corrected chi connectivity index (χ3v) is 2.79. The fourth-order valence-electron chi connectivity index (χ4n) is 1.86. The van der Waals surface area contributed by atoms with E-state index in [1.54, 1.807) is 0 Å². The zero-order chi connectivity index (χ0) is 13.6. The fraction of sp³-hybridized carbons (Fsp3) is 0.538. The first-order valence-electron chi connectivity index (χ1n) is 5.84. The Morgan fingerprint density at radius 1 is 1.28 bits per heavy atom. The molecule has 0 saturated heterocycles. The van der Waals surface area contributed by atoms with Crippen LogP contribution >= 0.6 is 0 Å². The Labute approximate surface area is 105 Å². The van der Waals surface area contributed by atoms with E-state index in [9.17, 15) is 13.2 Å². The Bertz CT molecular complexity index is 365. The molecule has 0 aliphatic heterocycles. The number of ether oxygens (including phenoxy) is 1. The summed E-state index contributed by atoms with van der Waals surface area (Å²) >= 11 is 0. The van der Waals surface area contributed by atoms with E-state index in [0.717, 1.165) is 11.1 Å². The van der Waals surface area contributed by atoms with E-state index in [1.807, 2.05) is 31.2 Å². The summed E-state index contributed by atoms with van der Waals surface area (Å²) in [6.07, 6.45) is -3.77. The van der Waals surface area contributed by atoms with Crippen molar-refractivity contribution in [1.82, 2.24) is 0 Å². The van der Waals surface area contributed by atoms with Crippen LogP contribution < -0.4 is 5.73 Å². The molecule has 0 aliphatic rings. The van der Waals surface area contributed by atoms with Crippen LogP contribution in [0.3, 0.4) is 0 Å². The lowest BCUT2D eigenvalue weighted by Gasteiger charge is -2.17. The van der Waals surface area contributed by atoms with Crippen LogP contribution in [0.4, 0.5) is 13.2 Å². The van der Waals surface area contributed by atoms with E-state index in [2.05, 4.69) is 4.74 Å². The molecule has 1 rings (SSSR count). The zero-order valence-electron chi connectivity index (χ0n) is 10.3. The summed E-state index contributed by atoms with van der Waals surface area (Å²) in [4.78, 5) is 0. The summed E-state index contributed by atoms with van der Waals surface area (Å²) < 4.78 is 40.3. The smallest absolute Gasteiger partial charge is 0.372 e. The number of halogens is 3. The molecular weight excluding hydrogens is 243 g/mol. The molecule has 0 spiro atoms. The minimum absolute atomic E-state index is 0.0411. The first kappa shape index (κ1) is 15.0. The van der Waals surface area contributed by atoms with Gasteiger partial charge in [0.05, 0.1) is 0 Å². The standard InChI is InChI=1S/C13H18F3NO/c1-10-4-2-3-5-12(10)11(8-17)6-7-18-9-13(14,15)16/h2-5,11H,6-9,17H2,1H3. The van der Waals surface area contributed by atoms with Gasteiger partial charge in [-0.2, -0.15) is 13.2 Å². The van der Waals surface area contributed by atoms with E-state index in [-0.39, 0.29) is 12.5 Å². The van der Waals surface area contributed by atoms with Gasteiger partial charge in [-0.05, 0) is 36.9 Å². The number of alkyl halides is 3. The summed E-state index contributed by atoms with van der Waals surface area (Å²) in [5.41, 5.74) is 7.84. The van der Waals surface area contributed by atoms with Crippen molar-refractivity contribution in [2.45, 2.75) is 25.4 Å². The van der Waals surface area contributed by atoms with Crippen molar-refractivity contribution in [2.75, 3.05) is 19.8 Å². The van der Waals surface area contributed by atoms with Crippen LogP contribution in [0.1, 0.15) is 23.5 Å². The van der Waals surface area contributed by atoms with Gasteiger partial charge in [0.15, 0.2) is 0 Å². The van der Waals surface area contributed by atoms with E-state index in [0.29, 0.717) is 13.0 Å². The monoisotopic (exact) mass is 261 g/mol. The lowest BCUT2D eigenvalue weighted by Crippen LogP contribution is -2.20. The topological polar surface area (TPSA) is 35.2 Å². The van der Waals surface area contributed by atoms with Crippen LogP contribution in [0.15, 0.2) is 24.3 Å². The number of rotatable bonds is 6. The third-order valence-electron chi connectivity index (χ3n) is 2.79. The predicted molar refractivity (Wildman–Crippen MR) is 64.5 cm³/mol. The minimum Gasteiger partial charge on any atom is -0.372 e. The van der Waals surface area contributed by atoms with Crippen LogP contribution in [-0.4, -0.2) is 25.9 Å². The van der Waals surface area contributed by atoms with Crippen molar-refractivity contribution in [2.24, 2.45) is 5.73 Å². The van der Waals surface area contributed by atoms with Crippen LogP contribution in [0.2, 0.25) is 0 Å². The Kier molecular flexibility index (Phi) is 5.62. The maximum atomic E-state index is 11.9. The molecule has 0 aliphatic carbocycles. The molecule has 0 heterocycles. The van der Waals surface area contributed by atoms with Gasteiger partial charge in [0, 0.05) is 6.61 Å². The van der Waals surface area contributed by atoms with Gasteiger partial charge in [-0.15, -0.1) is 0 Å². The van der Waals surface area contributed by atoms with Gasteiger partial charge < -0.3 is 10.5 Å². The first-order valence-corrected chi connectivity index (χ1v) is 5.84. The predicted octanol–water partition coefficient (Wildman–Crippen LogP) is 3.01. The molecule has 2 N–H and O–H groups in total. The summed E-state index contributed by atoms with van der Waals surface area (Å²) in [5.74, 6) is 0.0411. The molecule has 1 aromatic carbocycles. The van der Waals surface area contributed by atoms with Crippen LogP contribution in [0, 0.1) is 6.92 Å². The second-order valence-corrected chi connectivity index (χ2v) is 4.25. The SMILES string of the molecule is Cc1ccccc1C(CN)CCOCC(F)(F)F. The molecule has 5 heteroatoms. The second kappa shape index (κ2) is 6.75. The van der Waals surface area contributed by atoms with E-state index in [4.69, 9.17) is 5.73 Å². The number of hydrogen-bond acceptors (Lipinski definition) is 2. The number of nitrogens with two attached hydrogens (primary N) is 1. The highest BCUT2D eigenvalue weighted by Crippen LogP contribution is 2.22. The summed E-state index contributed by atoms with van der Waals surface area (Å²) in [6.45, 7) is 1.24. The highest BCUT2D eigenvalue weighted by Gasteiger charge is 2.27. The summed E-state index contributed by atoms with van der Waals surface area (Å²) in [7, 11) is 0. The van der Waals surface area contributed by atoms with E-state index in [1.165, 1.54) is 0 Å². The van der Waals surface area contributed by atoms with Gasteiger partial charge in [0.25, 0.3) is 0 Å². The molecule has 1 atom stereocenters. The fourth-order valence-corrected chi connectivity index (χ4v) is 1.86. The normalized spacial score (nSPS) is 13.6. The van der Waals surface area contributed by atoms with Gasteiger partial charge in [0.1, 0.15) is 6.61 Å². The largest absolute Gasteiger partial charge is 0.411 e. The Morgan fingerprint density at radius 3 is 2.50 bits per heavy atom. The van der Waals surface area contributed by atoms with Gasteiger partial charge in [-0.3, -0.25) is 0 Å². The Morgan fingerprint density at radius 2 is 1.94 bits per heavy atom. The molecule has 1 aromatic rings. The highest BCUT2D eigenvalue weighted by atomic mass is 19.4. The van der Waals surface area contributed by atoms with Crippen molar-refractivity contribution in [3.63, 3.8) is 0 Å². The van der Waals surface area contributed by atoms with E-state index >= 15 is 0 Å². The molecule has 0 fully saturated rings. The maximum Gasteiger partial charge on any atom is 0.411 e. The molecule has 0 saturated carbocycles. The van der Waals surface area contributed by atoms with Crippen molar-refractivity contribution in [3.05, 3.63) is 35.4 Å². The van der Waals surface area contributed by atoms with Gasteiger partial charge >= 0.3 is 6.18 Å². The van der Waals surface area contributed by atoms with Crippen molar-refractivity contribution in [3.8, 4) is 0 Å². The molecule has 18 heavy (non-hydrogen) atoms. The molecule has 1 unspecified atom stereocenters. The number of aryl methyl sites for hydroxylation is 1. The summed E-state index contributed by atoms with van der Waals surface area (Å²) in [5, 5.41) is 0. The van der Waals surface area contributed by atoms with Crippen molar-refractivity contribution in [1.29, 1.82) is 0 Å². The molecule has 0 aromatic heterocycles. The molecule has 2 nitrogen and oxygen atoms in total. The van der Waals surface area contributed by atoms with Crippen LogP contribution in [0.5, 0.6) is 0 Å². The number of benzene rings is 1. The van der Waals surface area contributed by atoms with Crippen molar-refractivity contribution >= 4 is 0 Å². The molecule has 0 bridgehead atoms. The van der Waals surface area contributed by atoms with Gasteiger partial charge in [-0.25, -0.2) is 0 Å². The van der Waals surface area contributed by atoms with Crippen LogP contribution in [-0.2, 0) is 4.74 Å². The quantitative estimate of drug-likeness (QED) is 0.799. The molecule has 0 amide bonds. The first-order chi connectivity index (χ1) is 8.44. The minimum atomic E-state index is -4.26. The highest BCUT2D eigenvalue weighted by molar-refractivity contribution is 5.29. The lowest BCUT2D eigenvalue weighted by molar-refractivity contribution is -0.174. The average molecular weight is 261 g/mol. The van der Waals surface area contributed by atoms with Gasteiger partial charge in [0.2, 0.25) is 0 Å². The lowest BCUT2D eigenvalue weighted by atomic mass is 9.92. The van der Waals surface area contributed by atoms with Crippen molar-refractivity contribution < 1.29 is 17.9 Å². The average Bonchev–Trinajstić information content (AvgIpc) is 2.29. The zero-order valence-corrected chi connectivity index (χ0v) is 10.3. The molecule has 0 radical (unpaired) electrons. The van der Waals surface area contributed by atoms with Crippen LogP contribution in [0.25, 0.3) is 0 Å². The maximum absolute atomic E-state index is 11.9. The Balaban J connectivity index is 2.46. The van der Waals surface area contributed by atoms with E-state index < -0.39 is 12.8 Å². The van der Waals surface area contributed by atoms with Gasteiger partial charge in [-0.1, -0.05) is 24.3 Å². The summed E-state index contributed by atoms with van der Waals surface area (Å²) in [6, 6.07) is 7.75.